The zero-order chi connectivity index (χ0) is 11.5. The summed E-state index contributed by atoms with van der Waals surface area (Å²) in [6.45, 7) is 7.73. The molecule has 1 aliphatic heterocycles. The van der Waals surface area contributed by atoms with Gasteiger partial charge in [-0.05, 0) is 46.8 Å². The van der Waals surface area contributed by atoms with E-state index in [2.05, 4.69) is 37.7 Å². The van der Waals surface area contributed by atoms with Gasteiger partial charge in [-0.2, -0.15) is 0 Å². The molecule has 0 aromatic carbocycles. The van der Waals surface area contributed by atoms with Crippen molar-refractivity contribution < 1.29 is 0 Å². The van der Waals surface area contributed by atoms with Crippen molar-refractivity contribution in [1.82, 2.24) is 9.80 Å². The average molecular weight is 213 g/mol. The Hall–Kier alpha value is -0.120. The van der Waals surface area contributed by atoms with E-state index >= 15 is 0 Å². The molecule has 3 heteroatoms. The number of likely N-dealkylation sites (N-methyl/N-ethyl adjacent to an activating group) is 1. The number of likely N-dealkylation sites (tertiary alicyclic amines) is 1. The first-order valence-corrected chi connectivity index (χ1v) is 6.17. The van der Waals surface area contributed by atoms with E-state index in [0.717, 1.165) is 13.1 Å². The monoisotopic (exact) mass is 213 g/mol. The van der Waals surface area contributed by atoms with Crippen LogP contribution in [0.1, 0.15) is 33.1 Å². The fourth-order valence-electron chi connectivity index (χ4n) is 2.50. The molecule has 0 spiro atoms. The molecule has 90 valence electrons. The minimum Gasteiger partial charge on any atom is -0.329 e. The minimum absolute atomic E-state index is 0.210. The van der Waals surface area contributed by atoms with Gasteiger partial charge >= 0.3 is 0 Å². The molecule has 1 heterocycles. The number of nitrogens with zero attached hydrogens (tertiary/aromatic N) is 2. The van der Waals surface area contributed by atoms with Crippen LogP contribution in [0.5, 0.6) is 0 Å². The predicted molar refractivity (Wildman–Crippen MR) is 66.0 cm³/mol. The second kappa shape index (κ2) is 5.28. The van der Waals surface area contributed by atoms with Crippen LogP contribution in [0.4, 0.5) is 0 Å². The molecular weight excluding hydrogens is 186 g/mol. The molecule has 1 fully saturated rings. The molecule has 0 saturated carbocycles. The molecule has 3 nitrogen and oxygen atoms in total. The van der Waals surface area contributed by atoms with Gasteiger partial charge in [0.2, 0.25) is 0 Å². The standard InChI is InChI=1S/C12H27N3/c1-5-11(2)15-8-6-7-12(9-13,10-15)14(3)4/h11H,5-10,13H2,1-4H3. The van der Waals surface area contributed by atoms with Crippen molar-refractivity contribution in [3.8, 4) is 0 Å². The molecule has 1 aliphatic rings. The molecule has 1 rings (SSSR count). The highest BCUT2D eigenvalue weighted by Gasteiger charge is 2.37. The van der Waals surface area contributed by atoms with E-state index in [9.17, 15) is 0 Å². The maximum absolute atomic E-state index is 5.97. The molecule has 0 aromatic heterocycles. The van der Waals surface area contributed by atoms with Gasteiger partial charge in [0, 0.05) is 24.7 Å². The third-order valence-electron chi connectivity index (χ3n) is 4.13. The topological polar surface area (TPSA) is 32.5 Å². The van der Waals surface area contributed by atoms with Crippen LogP contribution in [-0.4, -0.2) is 55.1 Å². The summed E-state index contributed by atoms with van der Waals surface area (Å²) in [6, 6.07) is 0.691. The van der Waals surface area contributed by atoms with E-state index in [-0.39, 0.29) is 5.54 Å². The highest BCUT2D eigenvalue weighted by atomic mass is 15.3. The molecule has 2 N–H and O–H groups in total. The molecule has 0 aliphatic carbocycles. The second-order valence-corrected chi connectivity index (χ2v) is 5.15. The molecule has 0 radical (unpaired) electrons. The minimum atomic E-state index is 0.210. The Kier molecular flexibility index (Phi) is 4.56. The van der Waals surface area contributed by atoms with Crippen LogP contribution < -0.4 is 5.73 Å². The number of rotatable bonds is 4. The lowest BCUT2D eigenvalue weighted by atomic mass is 9.87. The number of piperidine rings is 1. The van der Waals surface area contributed by atoms with E-state index in [4.69, 9.17) is 5.73 Å². The normalized spacial score (nSPS) is 30.8. The van der Waals surface area contributed by atoms with Crippen LogP contribution in [0, 0.1) is 0 Å². The molecule has 15 heavy (non-hydrogen) atoms. The van der Waals surface area contributed by atoms with Gasteiger partial charge in [0.15, 0.2) is 0 Å². The Balaban J connectivity index is 2.68. The SMILES string of the molecule is CCC(C)N1CCCC(CN)(N(C)C)C1. The summed E-state index contributed by atoms with van der Waals surface area (Å²) in [4.78, 5) is 4.91. The number of hydrogen-bond acceptors (Lipinski definition) is 3. The highest BCUT2D eigenvalue weighted by Crippen LogP contribution is 2.26. The van der Waals surface area contributed by atoms with Gasteiger partial charge in [-0.15, -0.1) is 0 Å². The molecule has 0 aromatic rings. The van der Waals surface area contributed by atoms with Gasteiger partial charge in [0.1, 0.15) is 0 Å². The largest absolute Gasteiger partial charge is 0.329 e. The summed E-state index contributed by atoms with van der Waals surface area (Å²) in [5, 5.41) is 0. The summed E-state index contributed by atoms with van der Waals surface area (Å²) < 4.78 is 0. The van der Waals surface area contributed by atoms with Crippen molar-refractivity contribution >= 4 is 0 Å². The Labute approximate surface area is 94.6 Å². The zero-order valence-electron chi connectivity index (χ0n) is 10.8. The van der Waals surface area contributed by atoms with Crippen LogP contribution in [-0.2, 0) is 0 Å². The summed E-state index contributed by atoms with van der Waals surface area (Å²) in [6.07, 6.45) is 3.75. The zero-order valence-corrected chi connectivity index (χ0v) is 10.8. The fourth-order valence-corrected chi connectivity index (χ4v) is 2.50. The number of hydrogen-bond donors (Lipinski definition) is 1. The lowest BCUT2D eigenvalue weighted by Gasteiger charge is -2.48. The second-order valence-electron chi connectivity index (χ2n) is 5.15. The van der Waals surface area contributed by atoms with E-state index in [1.165, 1.54) is 25.8 Å². The fraction of sp³-hybridized carbons (Fsp3) is 1.00. The highest BCUT2D eigenvalue weighted by molar-refractivity contribution is 4.96. The predicted octanol–water partition coefficient (Wildman–Crippen LogP) is 1.14. The molecule has 1 saturated heterocycles. The van der Waals surface area contributed by atoms with Crippen LogP contribution >= 0.6 is 0 Å². The van der Waals surface area contributed by atoms with Gasteiger partial charge < -0.3 is 10.6 Å². The first-order valence-electron chi connectivity index (χ1n) is 6.17. The smallest absolute Gasteiger partial charge is 0.0453 e. The van der Waals surface area contributed by atoms with E-state index in [1.807, 2.05) is 0 Å². The first-order chi connectivity index (χ1) is 7.05. The Morgan fingerprint density at radius 3 is 2.60 bits per heavy atom. The van der Waals surface area contributed by atoms with Crippen molar-refractivity contribution in [2.75, 3.05) is 33.7 Å². The third-order valence-corrected chi connectivity index (χ3v) is 4.13. The van der Waals surface area contributed by atoms with Crippen molar-refractivity contribution in [2.45, 2.75) is 44.7 Å². The summed E-state index contributed by atoms with van der Waals surface area (Å²) >= 11 is 0. The van der Waals surface area contributed by atoms with Gasteiger partial charge in [-0.3, -0.25) is 4.90 Å². The molecule has 2 unspecified atom stereocenters. The van der Waals surface area contributed by atoms with Crippen molar-refractivity contribution in [1.29, 1.82) is 0 Å². The first kappa shape index (κ1) is 12.9. The van der Waals surface area contributed by atoms with Gasteiger partial charge in [0.05, 0.1) is 0 Å². The summed E-state index contributed by atoms with van der Waals surface area (Å²) in [5.41, 5.74) is 6.18. The van der Waals surface area contributed by atoms with E-state index in [0.29, 0.717) is 6.04 Å². The van der Waals surface area contributed by atoms with E-state index in [1.54, 1.807) is 0 Å². The maximum atomic E-state index is 5.97. The summed E-state index contributed by atoms with van der Waals surface area (Å²) in [5.74, 6) is 0. The molecule has 0 bridgehead atoms. The van der Waals surface area contributed by atoms with Gasteiger partial charge in [-0.25, -0.2) is 0 Å². The average Bonchev–Trinajstić information content (AvgIpc) is 2.27. The van der Waals surface area contributed by atoms with Crippen LogP contribution in [0.3, 0.4) is 0 Å². The lowest BCUT2D eigenvalue weighted by Crippen LogP contribution is -2.61. The molecular formula is C12H27N3. The Morgan fingerprint density at radius 2 is 2.13 bits per heavy atom. The van der Waals surface area contributed by atoms with E-state index < -0.39 is 0 Å². The van der Waals surface area contributed by atoms with Crippen LogP contribution in [0.15, 0.2) is 0 Å². The van der Waals surface area contributed by atoms with Crippen molar-refractivity contribution in [2.24, 2.45) is 5.73 Å². The van der Waals surface area contributed by atoms with Gasteiger partial charge in [-0.1, -0.05) is 6.92 Å². The van der Waals surface area contributed by atoms with Gasteiger partial charge in [0.25, 0.3) is 0 Å². The molecule has 0 amide bonds. The molecule has 2 atom stereocenters. The van der Waals surface area contributed by atoms with Crippen molar-refractivity contribution in [3.63, 3.8) is 0 Å². The van der Waals surface area contributed by atoms with Crippen LogP contribution in [0.25, 0.3) is 0 Å². The third kappa shape index (κ3) is 2.71. The maximum Gasteiger partial charge on any atom is 0.0453 e. The summed E-state index contributed by atoms with van der Waals surface area (Å²) in [7, 11) is 4.32. The van der Waals surface area contributed by atoms with Crippen molar-refractivity contribution in [3.05, 3.63) is 0 Å². The van der Waals surface area contributed by atoms with Crippen LogP contribution in [0.2, 0.25) is 0 Å². The Morgan fingerprint density at radius 1 is 1.47 bits per heavy atom. The lowest BCUT2D eigenvalue weighted by molar-refractivity contribution is 0.0309. The Bertz CT molecular complexity index is 193. The quantitative estimate of drug-likeness (QED) is 0.760. The number of nitrogens with two attached hydrogens (primary N) is 1.